The summed E-state index contributed by atoms with van der Waals surface area (Å²) in [6.07, 6.45) is 7.26. The molecule has 0 radical (unpaired) electrons. The zero-order chi connectivity index (χ0) is 13.8. The fourth-order valence-electron chi connectivity index (χ4n) is 2.75. The molecule has 1 aromatic carbocycles. The van der Waals surface area contributed by atoms with Crippen LogP contribution in [0.2, 0.25) is 0 Å². The minimum Gasteiger partial charge on any atom is -0.341 e. The van der Waals surface area contributed by atoms with Crippen molar-refractivity contribution in [3.63, 3.8) is 0 Å². The zero-order valence-corrected chi connectivity index (χ0v) is 13.0. The Bertz CT molecular complexity index is 533. The molecule has 1 saturated heterocycles. The van der Waals surface area contributed by atoms with E-state index in [4.69, 9.17) is 0 Å². The first kappa shape index (κ1) is 13.6. The Labute approximate surface area is 128 Å². The van der Waals surface area contributed by atoms with Crippen molar-refractivity contribution in [2.45, 2.75) is 19.3 Å². The topological polar surface area (TPSA) is 29.0 Å². The molecule has 1 aliphatic rings. The van der Waals surface area contributed by atoms with E-state index in [1.165, 1.54) is 24.8 Å². The lowest BCUT2D eigenvalue weighted by atomic mass is 9.90. The highest BCUT2D eigenvalue weighted by Crippen LogP contribution is 2.24. The summed E-state index contributed by atoms with van der Waals surface area (Å²) in [7, 11) is 0. The third-order valence-corrected chi connectivity index (χ3v) is 4.28. The molecule has 0 atom stereocenters. The molecule has 0 spiro atoms. The number of rotatable bonds is 3. The molecule has 0 amide bonds. The lowest BCUT2D eigenvalue weighted by Crippen LogP contribution is -2.35. The average molecular weight is 332 g/mol. The quantitative estimate of drug-likeness (QED) is 0.858. The summed E-state index contributed by atoms with van der Waals surface area (Å²) in [4.78, 5) is 11.0. The first-order chi connectivity index (χ1) is 9.81. The van der Waals surface area contributed by atoms with E-state index in [9.17, 15) is 0 Å². The van der Waals surface area contributed by atoms with Crippen LogP contribution in [0.4, 0.5) is 5.95 Å². The van der Waals surface area contributed by atoms with Gasteiger partial charge in [0.05, 0.1) is 4.47 Å². The number of nitrogens with zero attached hydrogens (tertiary/aromatic N) is 3. The third-order valence-electron chi connectivity index (χ3n) is 3.87. The van der Waals surface area contributed by atoms with Crippen LogP contribution in [0.3, 0.4) is 0 Å². The van der Waals surface area contributed by atoms with Crippen LogP contribution in [0.5, 0.6) is 0 Å². The number of aromatic nitrogens is 2. The Morgan fingerprint density at radius 3 is 2.35 bits per heavy atom. The molecule has 1 aromatic heterocycles. The minimum absolute atomic E-state index is 0.782. The number of hydrogen-bond donors (Lipinski definition) is 0. The van der Waals surface area contributed by atoms with Crippen LogP contribution in [-0.2, 0) is 6.42 Å². The van der Waals surface area contributed by atoms with Gasteiger partial charge in [-0.3, -0.25) is 0 Å². The van der Waals surface area contributed by atoms with Gasteiger partial charge in [-0.15, -0.1) is 0 Å². The van der Waals surface area contributed by atoms with E-state index >= 15 is 0 Å². The van der Waals surface area contributed by atoms with Crippen molar-refractivity contribution in [2.24, 2.45) is 5.92 Å². The Morgan fingerprint density at radius 1 is 1.05 bits per heavy atom. The highest BCUT2D eigenvalue weighted by Gasteiger charge is 2.20. The maximum Gasteiger partial charge on any atom is 0.225 e. The van der Waals surface area contributed by atoms with E-state index in [2.05, 4.69) is 61.1 Å². The predicted molar refractivity (Wildman–Crippen MR) is 84.8 cm³/mol. The fourth-order valence-corrected chi connectivity index (χ4v) is 2.96. The maximum absolute atomic E-state index is 4.38. The van der Waals surface area contributed by atoms with E-state index in [1.54, 1.807) is 0 Å². The van der Waals surface area contributed by atoms with Gasteiger partial charge in [0.15, 0.2) is 0 Å². The van der Waals surface area contributed by atoms with Crippen LogP contribution < -0.4 is 4.90 Å². The van der Waals surface area contributed by atoms with Crippen molar-refractivity contribution in [3.8, 4) is 0 Å². The molecular formula is C16H18BrN3. The molecule has 0 N–H and O–H groups in total. The first-order valence-corrected chi connectivity index (χ1v) is 7.87. The second-order valence-corrected chi connectivity index (χ2v) is 6.24. The van der Waals surface area contributed by atoms with E-state index in [0.29, 0.717) is 0 Å². The van der Waals surface area contributed by atoms with Crippen LogP contribution in [0.25, 0.3) is 0 Å². The van der Waals surface area contributed by atoms with Crippen LogP contribution in [-0.4, -0.2) is 23.1 Å². The highest BCUT2D eigenvalue weighted by atomic mass is 79.9. The Hall–Kier alpha value is -1.42. The summed E-state index contributed by atoms with van der Waals surface area (Å²) in [5.74, 6) is 1.63. The number of halogens is 1. The average Bonchev–Trinajstić information content (AvgIpc) is 2.50. The van der Waals surface area contributed by atoms with Gasteiger partial charge in [0, 0.05) is 25.5 Å². The zero-order valence-electron chi connectivity index (χ0n) is 11.4. The molecule has 0 saturated carbocycles. The van der Waals surface area contributed by atoms with Gasteiger partial charge in [0.2, 0.25) is 5.95 Å². The molecule has 2 aromatic rings. The van der Waals surface area contributed by atoms with E-state index in [1.807, 2.05) is 12.4 Å². The van der Waals surface area contributed by atoms with Crippen molar-refractivity contribution >= 4 is 21.9 Å². The van der Waals surface area contributed by atoms with E-state index in [-0.39, 0.29) is 0 Å². The monoisotopic (exact) mass is 331 g/mol. The molecule has 1 fully saturated rings. The van der Waals surface area contributed by atoms with Crippen molar-refractivity contribution < 1.29 is 0 Å². The van der Waals surface area contributed by atoms with Crippen LogP contribution >= 0.6 is 15.9 Å². The normalized spacial score (nSPS) is 16.4. The van der Waals surface area contributed by atoms with Crippen LogP contribution in [0.1, 0.15) is 18.4 Å². The molecule has 2 heterocycles. The van der Waals surface area contributed by atoms with Gasteiger partial charge in [-0.2, -0.15) is 0 Å². The molecule has 3 nitrogen and oxygen atoms in total. The Kier molecular flexibility index (Phi) is 4.31. The van der Waals surface area contributed by atoms with Gasteiger partial charge >= 0.3 is 0 Å². The lowest BCUT2D eigenvalue weighted by Gasteiger charge is -2.32. The van der Waals surface area contributed by atoms with Crippen molar-refractivity contribution in [3.05, 3.63) is 52.8 Å². The first-order valence-electron chi connectivity index (χ1n) is 7.07. The van der Waals surface area contributed by atoms with Gasteiger partial charge in [0.25, 0.3) is 0 Å². The Morgan fingerprint density at radius 2 is 1.70 bits per heavy atom. The van der Waals surface area contributed by atoms with Gasteiger partial charge in [0.1, 0.15) is 0 Å². The largest absolute Gasteiger partial charge is 0.341 e. The lowest BCUT2D eigenvalue weighted by molar-refractivity contribution is 0.400. The predicted octanol–water partition coefficient (Wildman–Crippen LogP) is 3.70. The minimum atomic E-state index is 0.782. The summed E-state index contributed by atoms with van der Waals surface area (Å²) >= 11 is 3.37. The molecule has 1 aliphatic heterocycles. The molecule has 0 unspecified atom stereocenters. The number of benzene rings is 1. The van der Waals surface area contributed by atoms with E-state index in [0.717, 1.165) is 29.4 Å². The van der Waals surface area contributed by atoms with Gasteiger partial charge in [-0.05, 0) is 46.7 Å². The van der Waals surface area contributed by atoms with Gasteiger partial charge < -0.3 is 4.90 Å². The van der Waals surface area contributed by atoms with Crippen LogP contribution in [0, 0.1) is 5.92 Å². The molecule has 3 rings (SSSR count). The molecule has 0 bridgehead atoms. The van der Waals surface area contributed by atoms with E-state index < -0.39 is 0 Å². The SMILES string of the molecule is Brc1cnc(N2CCC(Cc3ccccc3)CC2)nc1. The molecular weight excluding hydrogens is 314 g/mol. The summed E-state index contributed by atoms with van der Waals surface area (Å²) in [6, 6.07) is 10.8. The number of piperidine rings is 1. The van der Waals surface area contributed by atoms with Crippen LogP contribution in [0.15, 0.2) is 47.2 Å². The second-order valence-electron chi connectivity index (χ2n) is 5.32. The highest BCUT2D eigenvalue weighted by molar-refractivity contribution is 9.10. The summed E-state index contributed by atoms with van der Waals surface area (Å²) < 4.78 is 0.931. The maximum atomic E-state index is 4.38. The van der Waals surface area contributed by atoms with Crippen molar-refractivity contribution in [1.82, 2.24) is 9.97 Å². The molecule has 20 heavy (non-hydrogen) atoms. The summed E-state index contributed by atoms with van der Waals surface area (Å²) in [5.41, 5.74) is 1.45. The van der Waals surface area contributed by atoms with Gasteiger partial charge in [-0.25, -0.2) is 9.97 Å². The summed E-state index contributed by atoms with van der Waals surface area (Å²) in [6.45, 7) is 2.11. The molecule has 4 heteroatoms. The van der Waals surface area contributed by atoms with Crippen molar-refractivity contribution in [2.75, 3.05) is 18.0 Å². The molecule has 104 valence electrons. The Balaban J connectivity index is 1.55. The summed E-state index contributed by atoms with van der Waals surface area (Å²) in [5, 5.41) is 0. The van der Waals surface area contributed by atoms with Crippen molar-refractivity contribution in [1.29, 1.82) is 0 Å². The number of anilines is 1. The second kappa shape index (κ2) is 6.35. The standard InChI is InChI=1S/C16H18BrN3/c17-15-11-18-16(19-12-15)20-8-6-14(7-9-20)10-13-4-2-1-3-5-13/h1-5,11-12,14H,6-10H2. The fraction of sp³-hybridized carbons (Fsp3) is 0.375. The third kappa shape index (κ3) is 3.37. The van der Waals surface area contributed by atoms with Gasteiger partial charge in [-0.1, -0.05) is 30.3 Å². The smallest absolute Gasteiger partial charge is 0.225 e. The molecule has 0 aliphatic carbocycles. The number of hydrogen-bond acceptors (Lipinski definition) is 3.